The molecule has 2 aliphatic rings. The topological polar surface area (TPSA) is 157 Å². The van der Waals surface area contributed by atoms with Crippen LogP contribution in [0.5, 0.6) is 5.75 Å². The van der Waals surface area contributed by atoms with Gasteiger partial charge in [0.2, 0.25) is 11.6 Å². The van der Waals surface area contributed by atoms with Crippen molar-refractivity contribution < 1.29 is 27.1 Å². The van der Waals surface area contributed by atoms with Crippen molar-refractivity contribution in [2.24, 2.45) is 0 Å². The first-order valence-electron chi connectivity index (χ1n) is 30.3. The molecule has 15 heteroatoms. The minimum Gasteiger partial charge on any atom is -0.494 e. The summed E-state index contributed by atoms with van der Waals surface area (Å²) < 4.78 is 43.2. The van der Waals surface area contributed by atoms with Crippen LogP contribution in [0, 0.1) is 6.92 Å². The van der Waals surface area contributed by atoms with Crippen LogP contribution in [0.2, 0.25) is 0 Å². The third-order valence-corrected chi connectivity index (χ3v) is 17.2. The fraction of sp³-hybridized carbons (Fsp3) is 0.352. The number of hydrogen-bond donors (Lipinski definition) is 2. The molecule has 448 valence electrons. The normalized spacial score (nSPS) is 15.1. The minimum atomic E-state index is -4.38. The standard InChI is InChI=1S/C71H83N9O5S/c1-8-79-65-32-28-53(3)42-63(65)70(4,5)67(79)34-29-54(30-35-68-71(6,7)64-46-62(86(82,83)84)31-33-66(64)80(68)9-2)22-10-11-27-69(81)76-40-20-21-41-85-61-44-55(47-77(49-57-23-12-16-36-72-57)50-58-24-13-17-37-73-58)43-56(45-61)48-78(51-59-25-14-18-38-74-59)52-60-26-15-19-39-75-60/h12-19,23-26,28-39,42-46H,8-11,20-22,27,40-41,47-52H2,1-7H3,(H-,76,81,82,83,84)/p+1. The van der Waals surface area contributed by atoms with Gasteiger partial charge in [-0.15, -0.1) is 0 Å². The number of ether oxygens (including phenoxy) is 1. The summed E-state index contributed by atoms with van der Waals surface area (Å²) in [5, 5.41) is 3.18. The zero-order valence-electron chi connectivity index (χ0n) is 51.1. The number of amides is 1. The number of aryl methyl sites for hydroxylation is 1. The summed E-state index contributed by atoms with van der Waals surface area (Å²) in [6.45, 7) is 21.7. The van der Waals surface area contributed by atoms with Crippen molar-refractivity contribution in [2.45, 2.75) is 142 Å². The van der Waals surface area contributed by atoms with E-state index in [-0.39, 0.29) is 16.2 Å². The quantitative estimate of drug-likeness (QED) is 0.0198. The molecule has 0 atom stereocenters. The van der Waals surface area contributed by atoms with Gasteiger partial charge >= 0.3 is 0 Å². The van der Waals surface area contributed by atoms with Gasteiger partial charge in [-0.2, -0.15) is 13.0 Å². The van der Waals surface area contributed by atoms with Gasteiger partial charge in [0.05, 0.1) is 39.7 Å². The Morgan fingerprint density at radius 2 is 1.23 bits per heavy atom. The molecule has 86 heavy (non-hydrogen) atoms. The lowest BCUT2D eigenvalue weighted by molar-refractivity contribution is -0.433. The molecule has 0 saturated carbocycles. The minimum absolute atomic E-state index is 0.0385. The van der Waals surface area contributed by atoms with Crippen LogP contribution in [0.3, 0.4) is 0 Å². The second-order valence-corrected chi connectivity index (χ2v) is 25.0. The van der Waals surface area contributed by atoms with Crippen molar-refractivity contribution in [1.29, 1.82) is 0 Å². The number of unbranched alkanes of at least 4 members (excludes halogenated alkanes) is 2. The Labute approximate surface area is 509 Å². The van der Waals surface area contributed by atoms with Gasteiger partial charge in [0.25, 0.3) is 10.1 Å². The Hall–Kier alpha value is -7.95. The SMILES string of the molecule is CCN1/C(=C/C=C(/C=C/C2=[N+](CC)c3ccc(S(=O)(=O)O)cc3C2(C)C)CCCCC(=O)NCCCCOc2cc(CN(Cc3ccccn3)Cc3ccccn3)cc(CN(Cc3ccccn3)Cc3ccccn3)c2)C(C)(C)c2cc(C)ccc21. The zero-order chi connectivity index (χ0) is 60.7. The van der Waals surface area contributed by atoms with E-state index in [1.54, 1.807) is 12.1 Å². The maximum atomic E-state index is 13.4. The number of fused-ring (bicyclic) bond motifs is 2. The van der Waals surface area contributed by atoms with Crippen molar-refractivity contribution in [2.75, 3.05) is 31.1 Å². The van der Waals surface area contributed by atoms with Crippen LogP contribution in [0.1, 0.15) is 131 Å². The maximum absolute atomic E-state index is 13.4. The summed E-state index contributed by atoms with van der Waals surface area (Å²) in [7, 11) is -4.38. The second-order valence-electron chi connectivity index (χ2n) is 23.6. The summed E-state index contributed by atoms with van der Waals surface area (Å²) in [5.74, 6) is 0.839. The monoisotopic (exact) mass is 1170 g/mol. The largest absolute Gasteiger partial charge is 0.494 e. The van der Waals surface area contributed by atoms with E-state index in [0.29, 0.717) is 65.4 Å². The molecule has 0 aliphatic carbocycles. The number of rotatable bonds is 29. The number of carbonyl (C=O) groups excluding carboxylic acids is 1. The molecule has 4 aromatic heterocycles. The van der Waals surface area contributed by atoms with E-state index in [0.717, 1.165) is 101 Å². The molecular weight excluding hydrogens is 1090 g/mol. The first-order valence-corrected chi connectivity index (χ1v) is 31.7. The number of nitrogens with one attached hydrogen (secondary N) is 1. The third kappa shape index (κ3) is 16.3. The predicted octanol–water partition coefficient (Wildman–Crippen LogP) is 13.3. The van der Waals surface area contributed by atoms with Crippen molar-refractivity contribution in [3.05, 3.63) is 238 Å². The number of aromatic nitrogens is 4. The van der Waals surface area contributed by atoms with E-state index >= 15 is 0 Å². The van der Waals surface area contributed by atoms with Crippen LogP contribution >= 0.6 is 0 Å². The summed E-state index contributed by atoms with van der Waals surface area (Å²) >= 11 is 0. The summed E-state index contributed by atoms with van der Waals surface area (Å²) in [6, 6.07) is 42.3. The molecule has 14 nitrogen and oxygen atoms in total. The highest BCUT2D eigenvalue weighted by Crippen LogP contribution is 2.48. The fourth-order valence-electron chi connectivity index (χ4n) is 12.0. The molecule has 3 aromatic carbocycles. The van der Waals surface area contributed by atoms with E-state index in [9.17, 15) is 17.8 Å². The number of hydrogen-bond acceptors (Lipinski definition) is 11. The summed E-state index contributed by atoms with van der Waals surface area (Å²) in [6.07, 6.45) is 20.5. The second kappa shape index (κ2) is 29.0. The van der Waals surface area contributed by atoms with Crippen LogP contribution in [0.15, 0.2) is 193 Å². The Balaban J connectivity index is 0.844. The summed E-state index contributed by atoms with van der Waals surface area (Å²) in [5.41, 5.74) is 14.4. The van der Waals surface area contributed by atoms with Crippen molar-refractivity contribution >= 4 is 33.1 Å². The van der Waals surface area contributed by atoms with E-state index in [1.165, 1.54) is 28.6 Å². The van der Waals surface area contributed by atoms with Gasteiger partial charge in [0.15, 0.2) is 5.71 Å². The average molecular weight is 1180 g/mol. The number of nitrogens with zero attached hydrogens (tertiary/aromatic N) is 8. The fourth-order valence-corrected chi connectivity index (χ4v) is 12.5. The molecule has 6 heterocycles. The lowest BCUT2D eigenvalue weighted by atomic mass is 9.81. The molecule has 0 unspecified atom stereocenters. The van der Waals surface area contributed by atoms with Crippen LogP contribution in [0.4, 0.5) is 11.4 Å². The van der Waals surface area contributed by atoms with Crippen LogP contribution < -0.4 is 15.0 Å². The van der Waals surface area contributed by atoms with Gasteiger partial charge in [0.1, 0.15) is 12.3 Å². The Kier molecular flexibility index (Phi) is 21.1. The number of likely N-dealkylation sites (N-methyl/N-ethyl adjacent to an activating group) is 1. The van der Waals surface area contributed by atoms with Crippen LogP contribution in [-0.2, 0) is 65.0 Å². The molecule has 0 fully saturated rings. The van der Waals surface area contributed by atoms with E-state index < -0.39 is 15.5 Å². The maximum Gasteiger partial charge on any atom is 0.294 e. The number of anilines is 1. The van der Waals surface area contributed by atoms with Crippen LogP contribution in [0.25, 0.3) is 0 Å². The average Bonchev–Trinajstić information content (AvgIpc) is 1.94. The highest BCUT2D eigenvalue weighted by molar-refractivity contribution is 7.85. The van der Waals surface area contributed by atoms with Crippen molar-refractivity contribution in [1.82, 2.24) is 35.1 Å². The molecular formula is C71H84N9O5S+. The van der Waals surface area contributed by atoms with Crippen molar-refractivity contribution in [3.8, 4) is 5.75 Å². The lowest BCUT2D eigenvalue weighted by Crippen LogP contribution is -2.27. The molecule has 1 amide bonds. The Morgan fingerprint density at radius 3 is 1.76 bits per heavy atom. The van der Waals surface area contributed by atoms with Gasteiger partial charge in [-0.3, -0.25) is 39.1 Å². The van der Waals surface area contributed by atoms with Gasteiger partial charge in [0, 0.05) is 118 Å². The van der Waals surface area contributed by atoms with Gasteiger partial charge in [-0.1, -0.05) is 74.0 Å². The van der Waals surface area contributed by atoms with E-state index in [2.05, 4.69) is 178 Å². The molecule has 2 aliphatic heterocycles. The molecule has 0 saturated heterocycles. The highest BCUT2D eigenvalue weighted by atomic mass is 32.2. The number of carbonyl (C=O) groups is 1. The first-order chi connectivity index (χ1) is 41.5. The van der Waals surface area contributed by atoms with Crippen LogP contribution in [-0.4, -0.2) is 85.1 Å². The first kappa shape index (κ1) is 62.6. The molecule has 0 spiro atoms. The zero-order valence-corrected chi connectivity index (χ0v) is 51.9. The Morgan fingerprint density at radius 1 is 0.663 bits per heavy atom. The third-order valence-electron chi connectivity index (χ3n) is 16.3. The molecule has 0 bridgehead atoms. The lowest BCUT2D eigenvalue weighted by Gasteiger charge is -2.26. The predicted molar refractivity (Wildman–Crippen MR) is 343 cm³/mol. The molecule has 9 rings (SSSR count). The molecule has 2 N–H and O–H groups in total. The number of pyridine rings is 4. The Bertz CT molecular complexity index is 3470. The van der Waals surface area contributed by atoms with Gasteiger partial charge < -0.3 is 15.0 Å². The van der Waals surface area contributed by atoms with Crippen molar-refractivity contribution in [3.63, 3.8) is 0 Å². The molecule has 0 radical (unpaired) electrons. The number of allylic oxidation sites excluding steroid dienone is 6. The number of benzene rings is 3. The highest BCUT2D eigenvalue weighted by Gasteiger charge is 2.45. The smallest absolute Gasteiger partial charge is 0.294 e. The molecule has 7 aromatic rings. The summed E-state index contributed by atoms with van der Waals surface area (Å²) in [4.78, 5) is 39.1. The van der Waals surface area contributed by atoms with E-state index in [1.807, 2.05) is 73.3 Å². The van der Waals surface area contributed by atoms with Gasteiger partial charge in [-0.05, 0) is 174 Å². The van der Waals surface area contributed by atoms with Gasteiger partial charge in [-0.25, -0.2) is 0 Å². The van der Waals surface area contributed by atoms with E-state index in [4.69, 9.17) is 4.74 Å².